The second-order valence-corrected chi connectivity index (χ2v) is 5.75. The third kappa shape index (κ3) is 4.42. The number of ether oxygens (including phenoxy) is 2. The van der Waals surface area contributed by atoms with Gasteiger partial charge >= 0.3 is 11.6 Å². The molecule has 0 spiro atoms. The normalized spacial score (nSPS) is 10.9. The molecule has 0 radical (unpaired) electrons. The number of esters is 1. The van der Waals surface area contributed by atoms with Crippen molar-refractivity contribution in [1.82, 2.24) is 0 Å². The molecule has 1 aromatic heterocycles. The Hall–Kier alpha value is -3.94. The number of rotatable bonds is 6. The lowest BCUT2D eigenvalue weighted by molar-refractivity contribution is -0.384. The molecular formula is C20H15NO7. The van der Waals surface area contributed by atoms with E-state index in [1.807, 2.05) is 0 Å². The molecular weight excluding hydrogens is 366 g/mol. The standard InChI is InChI=1S/C20H15NO7/c1-26-16-6-7-17-14(10-20(23)28-18(17)11-16)12-27-19(22)8-5-13-3-2-4-15(9-13)21(24)25/h2-11H,12H2,1H3/b8-5+. The highest BCUT2D eigenvalue weighted by atomic mass is 16.6. The van der Waals surface area contributed by atoms with Gasteiger partial charge in [0, 0.05) is 41.3 Å². The SMILES string of the molecule is COc1ccc2c(COC(=O)/C=C/c3cccc([N+](=O)[O-])c3)cc(=O)oc2c1. The number of hydrogen-bond donors (Lipinski definition) is 0. The van der Waals surface area contributed by atoms with Gasteiger partial charge in [-0.1, -0.05) is 12.1 Å². The zero-order valence-corrected chi connectivity index (χ0v) is 14.8. The van der Waals surface area contributed by atoms with E-state index in [4.69, 9.17) is 13.9 Å². The molecule has 8 nitrogen and oxygen atoms in total. The highest BCUT2D eigenvalue weighted by molar-refractivity contribution is 5.87. The summed E-state index contributed by atoms with van der Waals surface area (Å²) in [5.41, 5.74) is 0.660. The van der Waals surface area contributed by atoms with Gasteiger partial charge in [0.2, 0.25) is 0 Å². The second-order valence-electron chi connectivity index (χ2n) is 5.75. The fraction of sp³-hybridized carbons (Fsp3) is 0.100. The third-order valence-corrected chi connectivity index (χ3v) is 3.90. The van der Waals surface area contributed by atoms with E-state index in [1.54, 1.807) is 24.3 Å². The van der Waals surface area contributed by atoms with Crippen molar-refractivity contribution in [2.45, 2.75) is 6.61 Å². The molecule has 0 bridgehead atoms. The Bertz CT molecular complexity index is 1130. The summed E-state index contributed by atoms with van der Waals surface area (Å²) >= 11 is 0. The molecule has 0 atom stereocenters. The van der Waals surface area contributed by atoms with Crippen LogP contribution in [-0.4, -0.2) is 18.0 Å². The van der Waals surface area contributed by atoms with Crippen molar-refractivity contribution in [1.29, 1.82) is 0 Å². The molecule has 142 valence electrons. The monoisotopic (exact) mass is 381 g/mol. The van der Waals surface area contributed by atoms with E-state index >= 15 is 0 Å². The number of nitrogens with zero attached hydrogens (tertiary/aromatic N) is 1. The van der Waals surface area contributed by atoms with Gasteiger partial charge in [-0.3, -0.25) is 10.1 Å². The Morgan fingerprint density at radius 3 is 2.79 bits per heavy atom. The molecule has 0 N–H and O–H groups in total. The lowest BCUT2D eigenvalue weighted by atomic mass is 10.1. The van der Waals surface area contributed by atoms with Crippen LogP contribution in [0.1, 0.15) is 11.1 Å². The molecule has 3 aromatic rings. The van der Waals surface area contributed by atoms with Gasteiger partial charge < -0.3 is 13.9 Å². The molecule has 0 aliphatic rings. The smallest absolute Gasteiger partial charge is 0.336 e. The van der Waals surface area contributed by atoms with E-state index in [1.165, 1.54) is 37.5 Å². The first-order valence-corrected chi connectivity index (χ1v) is 8.16. The Labute approximate surface area is 158 Å². The van der Waals surface area contributed by atoms with Gasteiger partial charge in [-0.2, -0.15) is 0 Å². The summed E-state index contributed by atoms with van der Waals surface area (Å²) in [5, 5.41) is 11.4. The summed E-state index contributed by atoms with van der Waals surface area (Å²) in [4.78, 5) is 34.0. The minimum Gasteiger partial charge on any atom is -0.497 e. The number of carbonyl (C=O) groups excluding carboxylic acids is 1. The lowest BCUT2D eigenvalue weighted by Crippen LogP contribution is -2.05. The third-order valence-electron chi connectivity index (χ3n) is 3.90. The fourth-order valence-electron chi connectivity index (χ4n) is 2.56. The van der Waals surface area contributed by atoms with Crippen LogP contribution >= 0.6 is 0 Å². The van der Waals surface area contributed by atoms with Crippen molar-refractivity contribution in [2.24, 2.45) is 0 Å². The Balaban J connectivity index is 1.73. The first-order chi connectivity index (χ1) is 13.5. The van der Waals surface area contributed by atoms with E-state index in [9.17, 15) is 19.7 Å². The number of non-ortho nitro benzene ring substituents is 1. The van der Waals surface area contributed by atoms with Crippen LogP contribution in [0, 0.1) is 10.1 Å². The Kier molecular flexibility index (Phi) is 5.50. The minimum atomic E-state index is -0.651. The van der Waals surface area contributed by atoms with Gasteiger partial charge in [-0.25, -0.2) is 9.59 Å². The predicted octanol–water partition coefficient (Wildman–Crippen LogP) is 3.47. The van der Waals surface area contributed by atoms with E-state index in [2.05, 4.69) is 0 Å². The predicted molar refractivity (Wildman–Crippen MR) is 101 cm³/mol. The van der Waals surface area contributed by atoms with Crippen molar-refractivity contribution < 1.29 is 23.6 Å². The largest absolute Gasteiger partial charge is 0.497 e. The molecule has 0 fully saturated rings. The van der Waals surface area contributed by atoms with E-state index in [0.717, 1.165) is 6.08 Å². The maximum Gasteiger partial charge on any atom is 0.336 e. The number of methoxy groups -OCH3 is 1. The first-order valence-electron chi connectivity index (χ1n) is 8.16. The average molecular weight is 381 g/mol. The average Bonchev–Trinajstić information content (AvgIpc) is 2.69. The first kappa shape index (κ1) is 18.8. The molecule has 3 rings (SSSR count). The van der Waals surface area contributed by atoms with Crippen molar-refractivity contribution in [3.05, 3.63) is 86.3 Å². The van der Waals surface area contributed by atoms with Crippen molar-refractivity contribution in [3.63, 3.8) is 0 Å². The molecule has 0 aliphatic heterocycles. The number of hydrogen-bond acceptors (Lipinski definition) is 7. The molecule has 0 saturated carbocycles. The van der Waals surface area contributed by atoms with Gasteiger partial charge in [0.05, 0.1) is 12.0 Å². The van der Waals surface area contributed by atoms with Crippen LogP contribution in [-0.2, 0) is 16.1 Å². The van der Waals surface area contributed by atoms with Gasteiger partial charge in [-0.15, -0.1) is 0 Å². The minimum absolute atomic E-state index is 0.0755. The van der Waals surface area contributed by atoms with E-state index < -0.39 is 16.5 Å². The molecule has 1 heterocycles. The van der Waals surface area contributed by atoms with Crippen LogP contribution in [0.5, 0.6) is 5.75 Å². The van der Waals surface area contributed by atoms with Gasteiger partial charge in [0.1, 0.15) is 17.9 Å². The highest BCUT2D eigenvalue weighted by Gasteiger charge is 2.09. The lowest BCUT2D eigenvalue weighted by Gasteiger charge is -2.07. The zero-order chi connectivity index (χ0) is 20.1. The van der Waals surface area contributed by atoms with Gasteiger partial charge in [0.25, 0.3) is 5.69 Å². The second kappa shape index (κ2) is 8.17. The summed E-state index contributed by atoms with van der Waals surface area (Å²) in [6, 6.07) is 12.1. The summed E-state index contributed by atoms with van der Waals surface area (Å²) < 4.78 is 15.4. The maximum atomic E-state index is 12.0. The molecule has 0 amide bonds. The fourth-order valence-corrected chi connectivity index (χ4v) is 2.56. The van der Waals surface area contributed by atoms with E-state index in [-0.39, 0.29) is 12.3 Å². The number of nitro benzene ring substituents is 1. The number of nitro groups is 1. The molecule has 0 unspecified atom stereocenters. The van der Waals surface area contributed by atoms with Crippen LogP contribution in [0.3, 0.4) is 0 Å². The van der Waals surface area contributed by atoms with Crippen LogP contribution in [0.25, 0.3) is 17.0 Å². The Morgan fingerprint density at radius 2 is 2.04 bits per heavy atom. The van der Waals surface area contributed by atoms with Crippen molar-refractivity contribution in [2.75, 3.05) is 7.11 Å². The van der Waals surface area contributed by atoms with Crippen molar-refractivity contribution in [3.8, 4) is 5.75 Å². The van der Waals surface area contributed by atoms with Gasteiger partial charge in [-0.05, 0) is 23.8 Å². The van der Waals surface area contributed by atoms with E-state index in [0.29, 0.717) is 27.8 Å². The molecule has 0 saturated heterocycles. The summed E-state index contributed by atoms with van der Waals surface area (Å²) in [6.07, 6.45) is 2.58. The molecule has 8 heteroatoms. The van der Waals surface area contributed by atoms with Gasteiger partial charge in [0.15, 0.2) is 0 Å². The summed E-state index contributed by atoms with van der Waals surface area (Å²) in [6.45, 7) is -0.132. The quantitative estimate of drug-likeness (QED) is 0.211. The van der Waals surface area contributed by atoms with Crippen LogP contribution in [0.4, 0.5) is 5.69 Å². The molecule has 0 aliphatic carbocycles. The maximum absolute atomic E-state index is 12.0. The topological polar surface area (TPSA) is 109 Å². The zero-order valence-electron chi connectivity index (χ0n) is 14.8. The number of fused-ring (bicyclic) bond motifs is 1. The summed E-state index contributed by atoms with van der Waals surface area (Å²) in [7, 11) is 1.50. The summed E-state index contributed by atoms with van der Waals surface area (Å²) in [5.74, 6) is -0.119. The van der Waals surface area contributed by atoms with Crippen LogP contribution in [0.15, 0.2) is 63.8 Å². The highest BCUT2D eigenvalue weighted by Crippen LogP contribution is 2.23. The van der Waals surface area contributed by atoms with Crippen LogP contribution in [0.2, 0.25) is 0 Å². The number of benzene rings is 2. The van der Waals surface area contributed by atoms with Crippen molar-refractivity contribution >= 4 is 28.7 Å². The molecule has 2 aromatic carbocycles. The Morgan fingerprint density at radius 1 is 1.21 bits per heavy atom. The number of carbonyl (C=O) groups is 1. The molecule has 28 heavy (non-hydrogen) atoms. The van der Waals surface area contributed by atoms with Crippen LogP contribution < -0.4 is 10.4 Å².